The summed E-state index contributed by atoms with van der Waals surface area (Å²) in [5.41, 5.74) is 0.384. The van der Waals surface area contributed by atoms with E-state index in [2.05, 4.69) is 30.2 Å². The SMILES string of the molecule is Cc1cccc(-c2nc(Nc3ccnc(C(F)(F)F)c3)nc(N3C[C@@H](C)[C@H](O)C3)n2)n1. The van der Waals surface area contributed by atoms with Crippen molar-refractivity contribution in [2.24, 2.45) is 5.92 Å². The molecule has 0 spiro atoms. The summed E-state index contributed by atoms with van der Waals surface area (Å²) < 4.78 is 39.0. The fraction of sp³-hybridized carbons (Fsp3) is 0.350. The summed E-state index contributed by atoms with van der Waals surface area (Å²) in [4.78, 5) is 22.8. The predicted octanol–water partition coefficient (Wildman–Crippen LogP) is 3.22. The lowest BCUT2D eigenvalue weighted by atomic mass is 10.1. The van der Waals surface area contributed by atoms with Crippen LogP contribution in [-0.2, 0) is 6.18 Å². The number of nitrogens with one attached hydrogen (secondary N) is 1. The smallest absolute Gasteiger partial charge is 0.391 e. The molecule has 4 rings (SSSR count). The molecular weight excluding hydrogens is 411 g/mol. The Bertz CT molecular complexity index is 1080. The van der Waals surface area contributed by atoms with Crippen molar-refractivity contribution in [2.45, 2.75) is 26.1 Å². The molecule has 8 nitrogen and oxygen atoms in total. The van der Waals surface area contributed by atoms with Crippen molar-refractivity contribution in [2.75, 3.05) is 23.3 Å². The van der Waals surface area contributed by atoms with Gasteiger partial charge in [-0.3, -0.25) is 4.98 Å². The van der Waals surface area contributed by atoms with Crippen LogP contribution in [0.1, 0.15) is 18.3 Å². The molecule has 1 fully saturated rings. The Morgan fingerprint density at radius 1 is 1.10 bits per heavy atom. The number of pyridine rings is 2. The summed E-state index contributed by atoms with van der Waals surface area (Å²) in [6.45, 7) is 4.64. The first-order valence-corrected chi connectivity index (χ1v) is 9.62. The van der Waals surface area contributed by atoms with Crippen molar-refractivity contribution < 1.29 is 18.3 Å². The second-order valence-electron chi connectivity index (χ2n) is 7.45. The Morgan fingerprint density at radius 3 is 2.58 bits per heavy atom. The number of alkyl halides is 3. The van der Waals surface area contributed by atoms with Crippen molar-refractivity contribution in [1.82, 2.24) is 24.9 Å². The number of rotatable bonds is 4. The molecule has 4 heterocycles. The zero-order chi connectivity index (χ0) is 22.2. The molecule has 1 aliphatic rings. The number of hydrogen-bond donors (Lipinski definition) is 2. The first kappa shape index (κ1) is 20.9. The Hall–Kier alpha value is -3.34. The monoisotopic (exact) mass is 431 g/mol. The lowest BCUT2D eigenvalue weighted by Crippen LogP contribution is -2.24. The van der Waals surface area contributed by atoms with E-state index in [0.717, 1.165) is 18.0 Å². The normalized spacial score (nSPS) is 19.0. The summed E-state index contributed by atoms with van der Waals surface area (Å²) in [7, 11) is 0. The third kappa shape index (κ3) is 4.71. The van der Waals surface area contributed by atoms with Gasteiger partial charge in [-0.25, -0.2) is 4.98 Å². The van der Waals surface area contributed by atoms with Gasteiger partial charge < -0.3 is 15.3 Å². The van der Waals surface area contributed by atoms with Crippen LogP contribution < -0.4 is 10.2 Å². The predicted molar refractivity (Wildman–Crippen MR) is 108 cm³/mol. The minimum Gasteiger partial charge on any atom is -0.391 e. The highest BCUT2D eigenvalue weighted by atomic mass is 19.4. The molecule has 0 saturated carbocycles. The number of hydrogen-bond acceptors (Lipinski definition) is 8. The van der Waals surface area contributed by atoms with E-state index in [1.807, 2.05) is 30.9 Å². The highest BCUT2D eigenvalue weighted by molar-refractivity contribution is 5.59. The maximum Gasteiger partial charge on any atom is 0.433 e. The first-order chi connectivity index (χ1) is 14.7. The second-order valence-corrected chi connectivity index (χ2v) is 7.45. The highest BCUT2D eigenvalue weighted by Gasteiger charge is 2.33. The van der Waals surface area contributed by atoms with E-state index in [-0.39, 0.29) is 23.4 Å². The van der Waals surface area contributed by atoms with Crippen LogP contribution >= 0.6 is 0 Å². The third-order valence-corrected chi connectivity index (χ3v) is 4.90. The standard InChI is InChI=1S/C20H20F3N7O/c1-11-9-30(10-15(11)31)19-28-17(14-5-3-4-12(2)25-14)27-18(29-19)26-13-6-7-24-16(8-13)20(21,22)23/h3-8,11,15,31H,9-10H2,1-2H3,(H,24,26,27,28,29)/t11-,15-/m1/s1. The van der Waals surface area contributed by atoms with E-state index in [0.29, 0.717) is 24.7 Å². The maximum absolute atomic E-state index is 13.0. The fourth-order valence-corrected chi connectivity index (χ4v) is 3.25. The number of aryl methyl sites for hydroxylation is 1. The van der Waals surface area contributed by atoms with E-state index in [9.17, 15) is 18.3 Å². The number of β-amino-alcohol motifs (C(OH)–C–C–N with tert-alkyl or cyclic N) is 1. The summed E-state index contributed by atoms with van der Waals surface area (Å²) >= 11 is 0. The van der Waals surface area contributed by atoms with Gasteiger partial charge in [0.25, 0.3) is 0 Å². The molecule has 162 valence electrons. The van der Waals surface area contributed by atoms with E-state index >= 15 is 0 Å². The number of aliphatic hydroxyl groups excluding tert-OH is 1. The van der Waals surface area contributed by atoms with Crippen LogP contribution in [0.4, 0.5) is 30.8 Å². The molecule has 0 unspecified atom stereocenters. The van der Waals surface area contributed by atoms with Gasteiger partial charge in [-0.2, -0.15) is 28.1 Å². The molecule has 3 aromatic heterocycles. The van der Waals surface area contributed by atoms with Crippen LogP contribution in [0.2, 0.25) is 0 Å². The van der Waals surface area contributed by atoms with Crippen molar-refractivity contribution in [1.29, 1.82) is 0 Å². The largest absolute Gasteiger partial charge is 0.433 e. The molecule has 1 aliphatic heterocycles. The molecule has 1 saturated heterocycles. The maximum atomic E-state index is 13.0. The van der Waals surface area contributed by atoms with E-state index in [1.54, 1.807) is 6.07 Å². The zero-order valence-corrected chi connectivity index (χ0v) is 16.8. The molecule has 2 N–H and O–H groups in total. The van der Waals surface area contributed by atoms with E-state index in [1.165, 1.54) is 6.07 Å². The van der Waals surface area contributed by atoms with Crippen LogP contribution in [0.15, 0.2) is 36.5 Å². The number of anilines is 3. The van der Waals surface area contributed by atoms with Gasteiger partial charge >= 0.3 is 6.18 Å². The van der Waals surface area contributed by atoms with Crippen LogP contribution in [0.25, 0.3) is 11.5 Å². The quantitative estimate of drug-likeness (QED) is 0.650. The van der Waals surface area contributed by atoms with E-state index in [4.69, 9.17) is 0 Å². The van der Waals surface area contributed by atoms with E-state index < -0.39 is 18.0 Å². The van der Waals surface area contributed by atoms with Gasteiger partial charge in [0.1, 0.15) is 11.4 Å². The minimum atomic E-state index is -4.57. The van der Waals surface area contributed by atoms with Gasteiger partial charge in [-0.1, -0.05) is 13.0 Å². The van der Waals surface area contributed by atoms with Gasteiger partial charge in [0.2, 0.25) is 11.9 Å². The first-order valence-electron chi connectivity index (χ1n) is 9.62. The Labute approximate surface area is 176 Å². The van der Waals surface area contributed by atoms with Gasteiger partial charge in [0, 0.05) is 36.6 Å². The Morgan fingerprint density at radius 2 is 1.90 bits per heavy atom. The molecule has 3 aromatic rings. The Balaban J connectivity index is 1.73. The Kier molecular flexibility index (Phi) is 5.44. The van der Waals surface area contributed by atoms with Crippen LogP contribution in [-0.4, -0.2) is 49.2 Å². The van der Waals surface area contributed by atoms with Crippen LogP contribution in [0, 0.1) is 12.8 Å². The number of halogens is 3. The second kappa shape index (κ2) is 8.06. The van der Waals surface area contributed by atoms with Gasteiger partial charge in [0.05, 0.1) is 6.10 Å². The zero-order valence-electron chi connectivity index (χ0n) is 16.8. The number of aromatic nitrogens is 5. The van der Waals surface area contributed by atoms with Crippen molar-refractivity contribution in [3.05, 3.63) is 47.9 Å². The molecule has 31 heavy (non-hydrogen) atoms. The van der Waals surface area contributed by atoms with Gasteiger partial charge in [0.15, 0.2) is 5.82 Å². The van der Waals surface area contributed by atoms with Gasteiger partial charge in [-0.15, -0.1) is 0 Å². The number of nitrogens with zero attached hydrogens (tertiary/aromatic N) is 6. The number of aliphatic hydroxyl groups is 1. The van der Waals surface area contributed by atoms with Crippen molar-refractivity contribution in [3.63, 3.8) is 0 Å². The van der Waals surface area contributed by atoms with Crippen LogP contribution in [0.3, 0.4) is 0 Å². The molecular formula is C20H20F3N7O. The lowest BCUT2D eigenvalue weighted by molar-refractivity contribution is -0.141. The lowest BCUT2D eigenvalue weighted by Gasteiger charge is -2.17. The molecule has 0 bridgehead atoms. The average Bonchev–Trinajstić information content (AvgIpc) is 3.06. The molecule has 2 atom stereocenters. The summed E-state index contributed by atoms with van der Waals surface area (Å²) in [5, 5.41) is 12.9. The summed E-state index contributed by atoms with van der Waals surface area (Å²) in [5.74, 6) is 0.680. The molecule has 0 aliphatic carbocycles. The summed E-state index contributed by atoms with van der Waals surface area (Å²) in [6.07, 6.45) is -4.03. The topological polar surface area (TPSA) is 100.0 Å². The highest BCUT2D eigenvalue weighted by Crippen LogP contribution is 2.30. The third-order valence-electron chi connectivity index (χ3n) is 4.90. The average molecular weight is 431 g/mol. The summed E-state index contributed by atoms with van der Waals surface area (Å²) in [6, 6.07) is 7.67. The molecule has 0 aromatic carbocycles. The fourth-order valence-electron chi connectivity index (χ4n) is 3.25. The van der Waals surface area contributed by atoms with Crippen molar-refractivity contribution in [3.8, 4) is 11.5 Å². The van der Waals surface area contributed by atoms with Crippen LogP contribution in [0.5, 0.6) is 0 Å². The minimum absolute atomic E-state index is 0.0308. The van der Waals surface area contributed by atoms with Gasteiger partial charge in [-0.05, 0) is 31.2 Å². The molecule has 0 amide bonds. The molecule has 11 heteroatoms. The van der Waals surface area contributed by atoms with Crippen molar-refractivity contribution >= 4 is 17.6 Å². The molecule has 0 radical (unpaired) electrons.